The van der Waals surface area contributed by atoms with E-state index < -0.39 is 17.9 Å². The van der Waals surface area contributed by atoms with Crippen LogP contribution in [0.25, 0.3) is 0 Å². The second-order valence-electron chi connectivity index (χ2n) is 10.6. The molecule has 0 unspecified atom stereocenters. The van der Waals surface area contributed by atoms with Gasteiger partial charge in [-0.05, 0) is 85.1 Å². The predicted molar refractivity (Wildman–Crippen MR) is 176 cm³/mol. The summed E-state index contributed by atoms with van der Waals surface area (Å²) in [4.78, 5) is 39.1. The van der Waals surface area contributed by atoms with Gasteiger partial charge in [0.2, 0.25) is 0 Å². The Morgan fingerprint density at radius 3 is 1.68 bits per heavy atom. The smallest absolute Gasteiger partial charge is 0.343 e. The molecular weight excluding hydrogens is 600 g/mol. The van der Waals surface area contributed by atoms with Gasteiger partial charge in [-0.2, -0.15) is 0 Å². The maximum absolute atomic E-state index is 13.2. The van der Waals surface area contributed by atoms with Crippen LogP contribution in [-0.4, -0.2) is 44.3 Å². The standard InChI is InChI=1S/C38H40O9/c1-3-5-22-43-31-16-12-29(13-17-31)36(39)46-33-20-21-35(47-37(40)30-14-18-32(19-15-30)44-23-6-4-2)34(26-33)38(41)45-25-24-42-27-28-10-8-7-9-11-28/h7-21,26H,3-6,22-25,27H2,1-2H3. The fourth-order valence-corrected chi connectivity index (χ4v) is 4.22. The summed E-state index contributed by atoms with van der Waals surface area (Å²) in [6, 6.07) is 26.9. The second-order valence-corrected chi connectivity index (χ2v) is 10.6. The van der Waals surface area contributed by atoms with Gasteiger partial charge in [0, 0.05) is 0 Å². The molecule has 9 nitrogen and oxygen atoms in total. The van der Waals surface area contributed by atoms with E-state index in [4.69, 9.17) is 28.4 Å². The molecule has 0 aliphatic carbocycles. The summed E-state index contributed by atoms with van der Waals surface area (Å²) in [7, 11) is 0. The zero-order chi connectivity index (χ0) is 33.3. The number of hydrogen-bond acceptors (Lipinski definition) is 9. The molecule has 0 aromatic heterocycles. The van der Waals surface area contributed by atoms with E-state index in [-0.39, 0.29) is 35.8 Å². The largest absolute Gasteiger partial charge is 0.494 e. The van der Waals surface area contributed by atoms with Crippen molar-refractivity contribution in [3.8, 4) is 23.0 Å². The minimum Gasteiger partial charge on any atom is -0.494 e. The Hall–Kier alpha value is -5.15. The highest BCUT2D eigenvalue weighted by Gasteiger charge is 2.21. The lowest BCUT2D eigenvalue weighted by Crippen LogP contribution is -2.16. The summed E-state index contributed by atoms with van der Waals surface area (Å²) in [5.41, 5.74) is 1.46. The molecule has 0 radical (unpaired) electrons. The number of carbonyl (C=O) groups is 3. The molecule has 0 bridgehead atoms. The van der Waals surface area contributed by atoms with Gasteiger partial charge >= 0.3 is 17.9 Å². The first-order chi connectivity index (χ1) is 23.0. The van der Waals surface area contributed by atoms with Crippen molar-refractivity contribution in [3.63, 3.8) is 0 Å². The Morgan fingerprint density at radius 2 is 1.11 bits per heavy atom. The van der Waals surface area contributed by atoms with Crippen LogP contribution in [0.5, 0.6) is 23.0 Å². The Kier molecular flexibility index (Phi) is 13.8. The summed E-state index contributed by atoms with van der Waals surface area (Å²) >= 11 is 0. The summed E-state index contributed by atoms with van der Waals surface area (Å²) < 4.78 is 33.5. The van der Waals surface area contributed by atoms with Crippen LogP contribution in [0.2, 0.25) is 0 Å². The average molecular weight is 641 g/mol. The molecular formula is C38H40O9. The maximum atomic E-state index is 13.2. The lowest BCUT2D eigenvalue weighted by atomic mass is 10.1. The summed E-state index contributed by atoms with van der Waals surface area (Å²) in [6.45, 7) is 5.79. The fraction of sp³-hybridized carbons (Fsp3) is 0.289. The maximum Gasteiger partial charge on any atom is 0.343 e. The van der Waals surface area contributed by atoms with Gasteiger partial charge in [0.25, 0.3) is 0 Å². The monoisotopic (exact) mass is 640 g/mol. The quantitative estimate of drug-likeness (QED) is 0.0610. The number of hydrogen-bond donors (Lipinski definition) is 0. The summed E-state index contributed by atoms with van der Waals surface area (Å²) in [6.07, 6.45) is 3.88. The van der Waals surface area contributed by atoms with E-state index in [0.717, 1.165) is 31.2 Å². The third-order valence-corrected chi connectivity index (χ3v) is 6.87. The van der Waals surface area contributed by atoms with Crippen LogP contribution in [0.1, 0.15) is 76.2 Å². The third kappa shape index (κ3) is 11.3. The van der Waals surface area contributed by atoms with E-state index in [1.807, 2.05) is 30.3 Å². The van der Waals surface area contributed by atoms with Crippen molar-refractivity contribution >= 4 is 17.9 Å². The molecule has 4 aromatic carbocycles. The van der Waals surface area contributed by atoms with Crippen LogP contribution in [0, 0.1) is 0 Å². The van der Waals surface area contributed by atoms with Crippen LogP contribution in [0.15, 0.2) is 97.1 Å². The van der Waals surface area contributed by atoms with Crippen LogP contribution in [0.3, 0.4) is 0 Å². The number of ether oxygens (including phenoxy) is 6. The number of benzene rings is 4. The van der Waals surface area contributed by atoms with E-state index in [2.05, 4.69) is 13.8 Å². The average Bonchev–Trinajstić information content (AvgIpc) is 3.10. The second kappa shape index (κ2) is 18.7. The lowest BCUT2D eigenvalue weighted by molar-refractivity contribution is 0.0284. The van der Waals surface area contributed by atoms with Crippen molar-refractivity contribution in [2.24, 2.45) is 0 Å². The molecule has 0 atom stereocenters. The normalized spacial score (nSPS) is 10.6. The minimum absolute atomic E-state index is 0.0464. The molecule has 0 aliphatic heterocycles. The lowest BCUT2D eigenvalue weighted by Gasteiger charge is -2.13. The molecule has 0 spiro atoms. The molecule has 4 aromatic rings. The highest BCUT2D eigenvalue weighted by Crippen LogP contribution is 2.27. The molecule has 9 heteroatoms. The minimum atomic E-state index is -0.776. The number of carbonyl (C=O) groups excluding carboxylic acids is 3. The molecule has 0 fully saturated rings. The Bertz CT molecular complexity index is 1570. The van der Waals surface area contributed by atoms with E-state index >= 15 is 0 Å². The van der Waals surface area contributed by atoms with Crippen molar-refractivity contribution in [2.75, 3.05) is 26.4 Å². The molecule has 47 heavy (non-hydrogen) atoms. The Labute approximate surface area is 275 Å². The Balaban J connectivity index is 1.44. The Morgan fingerprint density at radius 1 is 0.553 bits per heavy atom. The van der Waals surface area contributed by atoms with Crippen molar-refractivity contribution < 1.29 is 42.8 Å². The van der Waals surface area contributed by atoms with E-state index in [1.54, 1.807) is 48.5 Å². The van der Waals surface area contributed by atoms with Crippen molar-refractivity contribution in [1.29, 1.82) is 0 Å². The zero-order valence-electron chi connectivity index (χ0n) is 26.8. The summed E-state index contributed by atoms with van der Waals surface area (Å²) in [5.74, 6) is -0.791. The van der Waals surface area contributed by atoms with Gasteiger partial charge in [0.15, 0.2) is 0 Å². The van der Waals surface area contributed by atoms with Gasteiger partial charge in [0.05, 0.1) is 37.6 Å². The van der Waals surface area contributed by atoms with Gasteiger partial charge in [-0.3, -0.25) is 0 Å². The van der Waals surface area contributed by atoms with Gasteiger partial charge in [-0.15, -0.1) is 0 Å². The molecule has 0 aliphatic rings. The first kappa shape index (κ1) is 34.7. The highest BCUT2D eigenvalue weighted by molar-refractivity contribution is 5.97. The molecule has 0 amide bonds. The predicted octanol–water partition coefficient (Wildman–Crippen LogP) is 7.86. The SMILES string of the molecule is CCCCOc1ccc(C(=O)Oc2ccc(OC(=O)c3ccc(OCCCC)cc3)c(C(=O)OCCOCc3ccccc3)c2)cc1. The first-order valence-corrected chi connectivity index (χ1v) is 15.8. The molecule has 0 saturated carbocycles. The summed E-state index contributed by atoms with van der Waals surface area (Å²) in [5, 5.41) is 0. The van der Waals surface area contributed by atoms with Gasteiger partial charge in [-0.1, -0.05) is 57.0 Å². The number of esters is 3. The van der Waals surface area contributed by atoms with Gasteiger partial charge < -0.3 is 28.4 Å². The van der Waals surface area contributed by atoms with E-state index in [9.17, 15) is 14.4 Å². The van der Waals surface area contributed by atoms with Gasteiger partial charge in [-0.25, -0.2) is 14.4 Å². The van der Waals surface area contributed by atoms with E-state index in [0.29, 0.717) is 36.9 Å². The zero-order valence-corrected chi connectivity index (χ0v) is 26.8. The molecule has 0 N–H and O–H groups in total. The van der Waals surface area contributed by atoms with Crippen LogP contribution in [0.4, 0.5) is 0 Å². The fourth-order valence-electron chi connectivity index (χ4n) is 4.22. The molecule has 0 saturated heterocycles. The molecule has 246 valence electrons. The molecule has 0 heterocycles. The van der Waals surface area contributed by atoms with Crippen LogP contribution < -0.4 is 18.9 Å². The van der Waals surface area contributed by atoms with Crippen molar-refractivity contribution in [2.45, 2.75) is 46.1 Å². The van der Waals surface area contributed by atoms with Crippen molar-refractivity contribution in [1.82, 2.24) is 0 Å². The number of rotatable bonds is 18. The van der Waals surface area contributed by atoms with Crippen molar-refractivity contribution in [3.05, 3.63) is 119 Å². The van der Waals surface area contributed by atoms with Crippen LogP contribution >= 0.6 is 0 Å². The third-order valence-electron chi connectivity index (χ3n) is 6.87. The number of unbranched alkanes of at least 4 members (excludes halogenated alkanes) is 2. The van der Waals surface area contributed by atoms with Crippen LogP contribution in [-0.2, 0) is 16.1 Å². The topological polar surface area (TPSA) is 107 Å². The highest BCUT2D eigenvalue weighted by atomic mass is 16.6. The molecule has 4 rings (SSSR count). The van der Waals surface area contributed by atoms with Gasteiger partial charge in [0.1, 0.15) is 35.2 Å². The van der Waals surface area contributed by atoms with E-state index in [1.165, 1.54) is 18.2 Å². The first-order valence-electron chi connectivity index (χ1n) is 15.8.